The van der Waals surface area contributed by atoms with Crippen LogP contribution in [0.5, 0.6) is 23.0 Å². The number of rotatable bonds is 9. The Bertz CT molecular complexity index is 1230. The van der Waals surface area contributed by atoms with E-state index < -0.39 is 5.97 Å². The van der Waals surface area contributed by atoms with Crippen LogP contribution in [0.15, 0.2) is 48.5 Å². The Balaban J connectivity index is 1.35. The van der Waals surface area contributed by atoms with E-state index >= 15 is 0 Å². The summed E-state index contributed by atoms with van der Waals surface area (Å²) in [6.45, 7) is 4.45. The molecule has 2 heterocycles. The highest BCUT2D eigenvalue weighted by atomic mass is 16.6. The predicted molar refractivity (Wildman–Crippen MR) is 129 cm³/mol. The summed E-state index contributed by atoms with van der Waals surface area (Å²) in [5, 5.41) is 0. The van der Waals surface area contributed by atoms with Crippen molar-refractivity contribution < 1.29 is 33.3 Å². The van der Waals surface area contributed by atoms with E-state index in [9.17, 15) is 9.59 Å². The summed E-state index contributed by atoms with van der Waals surface area (Å²) >= 11 is 0. The highest BCUT2D eigenvalue weighted by molar-refractivity contribution is 5.99. The highest BCUT2D eigenvalue weighted by Crippen LogP contribution is 2.32. The minimum Gasteiger partial charge on any atom is -0.493 e. The number of nitrogens with zero attached hydrogens (tertiary/aromatic N) is 1. The molecule has 0 N–H and O–H groups in total. The summed E-state index contributed by atoms with van der Waals surface area (Å²) < 4.78 is 29.6. The van der Waals surface area contributed by atoms with E-state index in [1.54, 1.807) is 25.3 Å². The van der Waals surface area contributed by atoms with Gasteiger partial charge in [-0.2, -0.15) is 0 Å². The first kappa shape index (κ1) is 24.2. The number of fused-ring (bicyclic) bond motifs is 1. The summed E-state index contributed by atoms with van der Waals surface area (Å²) in [5.74, 6) is 1.79. The van der Waals surface area contributed by atoms with Gasteiger partial charge in [0.25, 0.3) is 0 Å². The molecule has 3 aromatic rings. The number of methoxy groups -OCH3 is 2. The maximum absolute atomic E-state index is 12.8. The molecule has 184 valence electrons. The SMILES string of the molecule is COc1ccc(CC(=O)OCC(=O)c2cc(C)n(CC3COc4ccccc4O3)c2C)cc1OC. The number of benzene rings is 2. The molecule has 1 aliphatic rings. The van der Waals surface area contributed by atoms with Crippen molar-refractivity contribution in [2.24, 2.45) is 0 Å². The molecule has 0 saturated carbocycles. The number of ether oxygens (including phenoxy) is 5. The molecule has 0 bridgehead atoms. The number of esters is 1. The smallest absolute Gasteiger partial charge is 0.310 e. The number of hydrogen-bond donors (Lipinski definition) is 0. The average Bonchev–Trinajstić information content (AvgIpc) is 3.15. The molecule has 0 aliphatic carbocycles. The zero-order valence-electron chi connectivity index (χ0n) is 20.3. The lowest BCUT2D eigenvalue weighted by molar-refractivity contribution is -0.141. The molecule has 0 saturated heterocycles. The molecule has 0 radical (unpaired) electrons. The molecule has 0 spiro atoms. The predicted octanol–water partition coefficient (Wildman–Crippen LogP) is 3.93. The minimum absolute atomic E-state index is 0.0210. The third-order valence-electron chi connectivity index (χ3n) is 5.99. The molecule has 8 nitrogen and oxygen atoms in total. The van der Waals surface area contributed by atoms with Crippen LogP contribution in [0, 0.1) is 13.8 Å². The summed E-state index contributed by atoms with van der Waals surface area (Å²) in [6.07, 6.45) is -0.162. The first-order valence-corrected chi connectivity index (χ1v) is 11.3. The highest BCUT2D eigenvalue weighted by Gasteiger charge is 2.24. The number of aromatic nitrogens is 1. The van der Waals surface area contributed by atoms with Crippen LogP contribution >= 0.6 is 0 Å². The number of carbonyl (C=O) groups excluding carboxylic acids is 2. The Morgan fingerprint density at radius 1 is 1.00 bits per heavy atom. The minimum atomic E-state index is -0.495. The van der Waals surface area contributed by atoms with Crippen LogP contribution in [0.4, 0.5) is 0 Å². The van der Waals surface area contributed by atoms with Gasteiger partial charge in [-0.25, -0.2) is 0 Å². The lowest BCUT2D eigenvalue weighted by Gasteiger charge is -2.27. The van der Waals surface area contributed by atoms with Gasteiger partial charge in [-0.15, -0.1) is 0 Å². The maximum atomic E-state index is 12.8. The molecular weight excluding hydrogens is 450 g/mol. The molecule has 4 rings (SSSR count). The fourth-order valence-corrected chi connectivity index (χ4v) is 4.15. The van der Waals surface area contributed by atoms with Crippen LogP contribution in [0.2, 0.25) is 0 Å². The summed E-state index contributed by atoms with van der Waals surface area (Å²) in [4.78, 5) is 25.2. The fraction of sp³-hybridized carbons (Fsp3) is 0.333. The van der Waals surface area contributed by atoms with E-state index in [-0.39, 0.29) is 24.9 Å². The second-order valence-corrected chi connectivity index (χ2v) is 8.34. The van der Waals surface area contributed by atoms with Crippen molar-refractivity contribution in [3.63, 3.8) is 0 Å². The van der Waals surface area contributed by atoms with Gasteiger partial charge in [-0.05, 0) is 49.7 Å². The summed E-state index contributed by atoms with van der Waals surface area (Å²) in [7, 11) is 3.07. The van der Waals surface area contributed by atoms with Gasteiger partial charge in [-0.1, -0.05) is 18.2 Å². The number of aryl methyl sites for hydroxylation is 1. The second kappa shape index (κ2) is 10.5. The zero-order valence-corrected chi connectivity index (χ0v) is 20.3. The Morgan fingerprint density at radius 3 is 2.49 bits per heavy atom. The molecule has 0 fully saturated rings. The third-order valence-corrected chi connectivity index (χ3v) is 5.99. The molecule has 0 amide bonds. The van der Waals surface area contributed by atoms with Crippen LogP contribution in [-0.4, -0.2) is 49.9 Å². The number of ketones is 1. The first-order valence-electron chi connectivity index (χ1n) is 11.3. The van der Waals surface area contributed by atoms with Crippen LogP contribution < -0.4 is 18.9 Å². The molecule has 1 aliphatic heterocycles. The second-order valence-electron chi connectivity index (χ2n) is 8.34. The van der Waals surface area contributed by atoms with Crippen molar-refractivity contribution in [3.8, 4) is 23.0 Å². The van der Waals surface area contributed by atoms with Crippen LogP contribution in [0.3, 0.4) is 0 Å². The Labute approximate surface area is 204 Å². The van der Waals surface area contributed by atoms with Crippen LogP contribution in [0.1, 0.15) is 27.3 Å². The third kappa shape index (κ3) is 5.42. The quantitative estimate of drug-likeness (QED) is 0.340. The van der Waals surface area contributed by atoms with Crippen molar-refractivity contribution >= 4 is 11.8 Å². The maximum Gasteiger partial charge on any atom is 0.310 e. The Hall–Kier alpha value is -3.94. The van der Waals surface area contributed by atoms with Crippen molar-refractivity contribution in [2.45, 2.75) is 32.9 Å². The fourth-order valence-electron chi connectivity index (χ4n) is 4.15. The van der Waals surface area contributed by atoms with Gasteiger partial charge in [-0.3, -0.25) is 9.59 Å². The van der Waals surface area contributed by atoms with Gasteiger partial charge >= 0.3 is 5.97 Å². The van der Waals surface area contributed by atoms with Crippen molar-refractivity contribution in [1.82, 2.24) is 4.57 Å². The number of para-hydroxylation sites is 2. The summed E-state index contributed by atoms with van der Waals surface area (Å²) in [6, 6.07) is 14.6. The van der Waals surface area contributed by atoms with Gasteiger partial charge in [0, 0.05) is 17.0 Å². The summed E-state index contributed by atoms with van der Waals surface area (Å²) in [5.41, 5.74) is 2.95. The van der Waals surface area contributed by atoms with E-state index in [1.807, 2.05) is 48.7 Å². The van der Waals surface area contributed by atoms with Crippen molar-refractivity contribution in [3.05, 3.63) is 71.0 Å². The molecule has 1 atom stereocenters. The molecule has 8 heteroatoms. The Morgan fingerprint density at radius 2 is 1.74 bits per heavy atom. The van der Waals surface area contributed by atoms with E-state index in [0.29, 0.717) is 41.5 Å². The zero-order chi connectivity index (χ0) is 24.9. The topological polar surface area (TPSA) is 85.2 Å². The lowest BCUT2D eigenvalue weighted by atomic mass is 10.1. The standard InChI is InChI=1S/C27H29NO7/c1-17-11-21(18(2)28(17)14-20-15-33-24-7-5-6-8-25(24)35-20)22(29)16-34-27(30)13-19-9-10-23(31-3)26(12-19)32-4/h5-12,20H,13-16H2,1-4H3. The molecule has 1 aromatic heterocycles. The van der Waals surface area contributed by atoms with Crippen molar-refractivity contribution in [2.75, 3.05) is 27.4 Å². The largest absolute Gasteiger partial charge is 0.493 e. The number of Topliss-reactive ketones (excluding diaryl/α,β-unsaturated/α-hetero) is 1. The van der Waals surface area contributed by atoms with E-state index in [1.165, 1.54) is 7.11 Å². The normalized spacial score (nSPS) is 14.3. The Kier molecular flexibility index (Phi) is 7.29. The van der Waals surface area contributed by atoms with Crippen molar-refractivity contribution in [1.29, 1.82) is 0 Å². The van der Waals surface area contributed by atoms with Gasteiger partial charge < -0.3 is 28.3 Å². The number of carbonyl (C=O) groups is 2. The lowest BCUT2D eigenvalue weighted by Crippen LogP contribution is -2.33. The molecule has 1 unspecified atom stereocenters. The van der Waals surface area contributed by atoms with E-state index in [2.05, 4.69) is 0 Å². The van der Waals surface area contributed by atoms with E-state index in [0.717, 1.165) is 17.1 Å². The monoisotopic (exact) mass is 479 g/mol. The average molecular weight is 480 g/mol. The van der Waals surface area contributed by atoms with Gasteiger partial charge in [0.05, 0.1) is 27.2 Å². The van der Waals surface area contributed by atoms with E-state index in [4.69, 9.17) is 23.7 Å². The van der Waals surface area contributed by atoms with Crippen LogP contribution in [0.25, 0.3) is 0 Å². The molecular formula is C27H29NO7. The van der Waals surface area contributed by atoms with Gasteiger partial charge in [0.2, 0.25) is 5.78 Å². The van der Waals surface area contributed by atoms with Gasteiger partial charge in [0.15, 0.2) is 35.7 Å². The number of hydrogen-bond acceptors (Lipinski definition) is 7. The van der Waals surface area contributed by atoms with Gasteiger partial charge in [0.1, 0.15) is 6.61 Å². The molecule has 35 heavy (non-hydrogen) atoms. The molecule has 2 aromatic carbocycles. The van der Waals surface area contributed by atoms with Crippen LogP contribution in [-0.2, 0) is 22.5 Å². The first-order chi connectivity index (χ1) is 16.9.